The zero-order valence-corrected chi connectivity index (χ0v) is 11.1. The Morgan fingerprint density at radius 2 is 1.88 bits per heavy atom. The average molecular weight is 228 g/mol. The van der Waals surface area contributed by atoms with E-state index in [2.05, 4.69) is 31.4 Å². The summed E-state index contributed by atoms with van der Waals surface area (Å²) in [6, 6.07) is 1.33. The molecule has 0 aliphatic heterocycles. The number of unbranched alkanes of at least 4 members (excludes halogenated alkanes) is 1. The normalized spacial score (nSPS) is 24.8. The summed E-state index contributed by atoms with van der Waals surface area (Å²) in [5, 5.41) is 7.03. The van der Waals surface area contributed by atoms with Gasteiger partial charge >= 0.3 is 0 Å². The molecule has 3 nitrogen and oxygen atoms in total. The largest absolute Gasteiger partial charge is 0.378 e. The van der Waals surface area contributed by atoms with E-state index in [4.69, 9.17) is 4.74 Å². The van der Waals surface area contributed by atoms with E-state index >= 15 is 0 Å². The summed E-state index contributed by atoms with van der Waals surface area (Å²) in [5.41, 5.74) is 0. The third-order valence-electron chi connectivity index (χ3n) is 3.09. The summed E-state index contributed by atoms with van der Waals surface area (Å²) >= 11 is 0. The molecule has 96 valence electrons. The van der Waals surface area contributed by atoms with Gasteiger partial charge < -0.3 is 15.4 Å². The summed E-state index contributed by atoms with van der Waals surface area (Å²) in [4.78, 5) is 0. The molecule has 0 bridgehead atoms. The fourth-order valence-corrected chi connectivity index (χ4v) is 2.05. The molecule has 1 fully saturated rings. The van der Waals surface area contributed by atoms with Gasteiger partial charge in [0, 0.05) is 18.7 Å². The zero-order valence-electron chi connectivity index (χ0n) is 11.1. The topological polar surface area (TPSA) is 33.3 Å². The van der Waals surface area contributed by atoms with E-state index in [1.165, 1.54) is 25.7 Å². The lowest BCUT2D eigenvalue weighted by Crippen LogP contribution is -2.45. The molecule has 0 aromatic rings. The Morgan fingerprint density at radius 1 is 1.19 bits per heavy atom. The van der Waals surface area contributed by atoms with Crippen LogP contribution in [0.2, 0.25) is 0 Å². The highest BCUT2D eigenvalue weighted by Gasteiger charge is 2.28. The molecule has 3 heteroatoms. The van der Waals surface area contributed by atoms with Crippen molar-refractivity contribution in [3.8, 4) is 0 Å². The zero-order chi connectivity index (χ0) is 11.8. The lowest BCUT2D eigenvalue weighted by Gasteiger charge is -2.35. The van der Waals surface area contributed by atoms with E-state index in [0.29, 0.717) is 12.1 Å². The second-order valence-electron chi connectivity index (χ2n) is 5.02. The molecule has 0 amide bonds. The van der Waals surface area contributed by atoms with Gasteiger partial charge in [-0.2, -0.15) is 0 Å². The molecule has 0 unspecified atom stereocenters. The van der Waals surface area contributed by atoms with Crippen molar-refractivity contribution in [2.24, 2.45) is 0 Å². The standard InChI is InChI=1S/C13H28N2O/c1-4-16-13-9-12(10-13)15-8-6-5-7-14-11(2)3/h11-15H,4-10H2,1-3H3. The molecule has 0 aromatic carbocycles. The molecule has 1 aliphatic rings. The molecule has 0 saturated heterocycles. The second-order valence-corrected chi connectivity index (χ2v) is 5.02. The molecule has 1 rings (SSSR count). The lowest BCUT2D eigenvalue weighted by atomic mass is 9.89. The Kier molecular flexibility index (Phi) is 7.01. The first kappa shape index (κ1) is 13.9. The Labute approximate surface area is 100 Å². The second kappa shape index (κ2) is 8.04. The molecule has 0 spiro atoms. The molecule has 16 heavy (non-hydrogen) atoms. The SMILES string of the molecule is CCOC1CC(NCCCCNC(C)C)C1. The number of ether oxygens (including phenoxy) is 1. The van der Waals surface area contributed by atoms with Gasteiger partial charge in [-0.05, 0) is 45.7 Å². The summed E-state index contributed by atoms with van der Waals surface area (Å²) in [6.07, 6.45) is 5.49. The van der Waals surface area contributed by atoms with Crippen LogP contribution in [-0.4, -0.2) is 37.9 Å². The van der Waals surface area contributed by atoms with Crippen LogP contribution in [0.3, 0.4) is 0 Å². The van der Waals surface area contributed by atoms with Crippen LogP contribution in [0, 0.1) is 0 Å². The molecule has 0 aromatic heterocycles. The minimum atomic E-state index is 0.533. The van der Waals surface area contributed by atoms with Gasteiger partial charge in [-0.1, -0.05) is 13.8 Å². The van der Waals surface area contributed by atoms with E-state index in [1.54, 1.807) is 0 Å². The van der Waals surface area contributed by atoms with Crippen LogP contribution < -0.4 is 10.6 Å². The molecule has 0 heterocycles. The van der Waals surface area contributed by atoms with Crippen molar-refractivity contribution in [1.29, 1.82) is 0 Å². The van der Waals surface area contributed by atoms with Crippen molar-refractivity contribution >= 4 is 0 Å². The van der Waals surface area contributed by atoms with Crippen LogP contribution in [-0.2, 0) is 4.74 Å². The maximum atomic E-state index is 5.53. The van der Waals surface area contributed by atoms with E-state index in [9.17, 15) is 0 Å². The number of hydrogen-bond acceptors (Lipinski definition) is 3. The van der Waals surface area contributed by atoms with Crippen LogP contribution >= 0.6 is 0 Å². The first-order valence-corrected chi connectivity index (χ1v) is 6.80. The summed E-state index contributed by atoms with van der Waals surface area (Å²) in [7, 11) is 0. The molecule has 1 saturated carbocycles. The van der Waals surface area contributed by atoms with Crippen molar-refractivity contribution < 1.29 is 4.74 Å². The van der Waals surface area contributed by atoms with Crippen molar-refractivity contribution in [2.75, 3.05) is 19.7 Å². The third kappa shape index (κ3) is 5.83. The molecular weight excluding hydrogens is 200 g/mol. The monoisotopic (exact) mass is 228 g/mol. The Morgan fingerprint density at radius 3 is 2.50 bits per heavy atom. The van der Waals surface area contributed by atoms with Gasteiger partial charge in [0.25, 0.3) is 0 Å². The van der Waals surface area contributed by atoms with Gasteiger partial charge in [-0.3, -0.25) is 0 Å². The van der Waals surface area contributed by atoms with Crippen LogP contribution in [0.15, 0.2) is 0 Å². The average Bonchev–Trinajstić information content (AvgIpc) is 2.18. The van der Waals surface area contributed by atoms with Crippen molar-refractivity contribution in [1.82, 2.24) is 10.6 Å². The number of hydrogen-bond donors (Lipinski definition) is 2. The highest BCUT2D eigenvalue weighted by molar-refractivity contribution is 4.85. The van der Waals surface area contributed by atoms with Gasteiger partial charge in [-0.15, -0.1) is 0 Å². The molecule has 0 radical (unpaired) electrons. The minimum absolute atomic E-state index is 0.533. The van der Waals surface area contributed by atoms with Crippen LogP contribution in [0.1, 0.15) is 46.5 Å². The molecule has 0 atom stereocenters. The Balaban J connectivity index is 1.79. The van der Waals surface area contributed by atoms with E-state index < -0.39 is 0 Å². The highest BCUT2D eigenvalue weighted by atomic mass is 16.5. The quantitative estimate of drug-likeness (QED) is 0.592. The predicted molar refractivity (Wildman–Crippen MR) is 68.8 cm³/mol. The lowest BCUT2D eigenvalue weighted by molar-refractivity contribution is -0.00975. The van der Waals surface area contributed by atoms with Crippen LogP contribution in [0.5, 0.6) is 0 Å². The third-order valence-corrected chi connectivity index (χ3v) is 3.09. The maximum absolute atomic E-state index is 5.53. The first-order chi connectivity index (χ1) is 7.72. The summed E-state index contributed by atoms with van der Waals surface area (Å²) in [6.45, 7) is 9.62. The van der Waals surface area contributed by atoms with Gasteiger partial charge in [0.05, 0.1) is 6.10 Å². The van der Waals surface area contributed by atoms with Crippen LogP contribution in [0.4, 0.5) is 0 Å². The fraction of sp³-hybridized carbons (Fsp3) is 1.00. The predicted octanol–water partition coefficient (Wildman–Crippen LogP) is 1.92. The van der Waals surface area contributed by atoms with Crippen molar-refractivity contribution in [2.45, 2.75) is 64.6 Å². The Hall–Kier alpha value is -0.120. The fourth-order valence-electron chi connectivity index (χ4n) is 2.05. The number of rotatable bonds is 9. The van der Waals surface area contributed by atoms with E-state index in [1.807, 2.05) is 0 Å². The smallest absolute Gasteiger partial charge is 0.0604 e. The number of nitrogens with one attached hydrogen (secondary N) is 2. The molecular formula is C13H28N2O. The highest BCUT2D eigenvalue weighted by Crippen LogP contribution is 2.22. The van der Waals surface area contributed by atoms with Gasteiger partial charge in [-0.25, -0.2) is 0 Å². The molecule has 2 N–H and O–H groups in total. The van der Waals surface area contributed by atoms with E-state index in [0.717, 1.165) is 25.7 Å². The molecule has 1 aliphatic carbocycles. The Bertz CT molecular complexity index is 167. The van der Waals surface area contributed by atoms with Crippen molar-refractivity contribution in [3.63, 3.8) is 0 Å². The first-order valence-electron chi connectivity index (χ1n) is 6.80. The maximum Gasteiger partial charge on any atom is 0.0604 e. The van der Waals surface area contributed by atoms with Gasteiger partial charge in [0.2, 0.25) is 0 Å². The van der Waals surface area contributed by atoms with Crippen LogP contribution in [0.25, 0.3) is 0 Å². The summed E-state index contributed by atoms with van der Waals surface area (Å²) < 4.78 is 5.53. The van der Waals surface area contributed by atoms with Gasteiger partial charge in [0.15, 0.2) is 0 Å². The summed E-state index contributed by atoms with van der Waals surface area (Å²) in [5.74, 6) is 0. The van der Waals surface area contributed by atoms with E-state index in [-0.39, 0.29) is 0 Å². The minimum Gasteiger partial charge on any atom is -0.378 e. The van der Waals surface area contributed by atoms with Crippen molar-refractivity contribution in [3.05, 3.63) is 0 Å². The van der Waals surface area contributed by atoms with Gasteiger partial charge in [0.1, 0.15) is 0 Å².